The molecule has 5 aromatic carbocycles. The van der Waals surface area contributed by atoms with E-state index >= 15 is 0 Å². The molecule has 5 aromatic rings. The Balaban J connectivity index is 1.61. The van der Waals surface area contributed by atoms with E-state index in [0.717, 1.165) is 50.1 Å². The van der Waals surface area contributed by atoms with Crippen LogP contribution in [0.25, 0.3) is 52.6 Å². The van der Waals surface area contributed by atoms with Gasteiger partial charge in [0.1, 0.15) is 47.4 Å². The quantitative estimate of drug-likeness (QED) is 0.0866. The molecule has 0 saturated heterocycles. The molecule has 0 heterocycles. The lowest BCUT2D eigenvalue weighted by molar-refractivity contribution is 0.412. The Hall–Kier alpha value is -12.0. The first-order valence-corrected chi connectivity index (χ1v) is 21.6. The molecule has 0 aliphatic heterocycles. The molecule has 0 spiro atoms. The van der Waals surface area contributed by atoms with Gasteiger partial charge in [0.25, 0.3) is 0 Å². The Morgan fingerprint density at radius 2 is 0.797 bits per heavy atom. The number of hydrogen-bond acceptors (Lipinski definition) is 6. The van der Waals surface area contributed by atoms with Crippen molar-refractivity contribution in [3.8, 4) is 225 Å². The summed E-state index contributed by atoms with van der Waals surface area (Å²) in [6.45, 7) is 3.93. The van der Waals surface area contributed by atoms with Crippen molar-refractivity contribution in [1.82, 2.24) is 0 Å². The van der Waals surface area contributed by atoms with Gasteiger partial charge in [-0.3, -0.25) is 0 Å². The monoisotopic (exact) mass is 948 g/mol. The average Bonchev–Trinajstić information content (AvgIpc) is 3.42. The second-order valence-electron chi connectivity index (χ2n) is 14.2. The fraction of sp³-hybridized carbons (Fsp3) is 0.0588. The van der Waals surface area contributed by atoms with Crippen molar-refractivity contribution in [2.24, 2.45) is 0 Å². The molecule has 0 radical (unpaired) electrons. The molecule has 0 amide bonds. The molecule has 0 unspecified atom stereocenters. The first kappa shape index (κ1) is 52.9. The minimum Gasteiger partial charge on any atom is -0.496 e. The number of aryl methyl sites for hydroxylation is 1. The second kappa shape index (κ2) is 29.7. The van der Waals surface area contributed by atoms with Gasteiger partial charge >= 0.3 is 0 Å². The second-order valence-corrected chi connectivity index (χ2v) is 14.2. The SMILES string of the molecule is C#CC#CC#CC#CC#COc1ccc(-c2cc(C)ccc2C=Cc2cc(-c3ccc(OC#CC#C)c(OC#CC#C)c3)c(C=Cc3cc(OC#CC#CC#CC#CC#C)c(C=CC)cc3OC)cc2OC)cc1. The molecular formula is C68H36O6. The lowest BCUT2D eigenvalue weighted by atomic mass is 9.93. The van der Waals surface area contributed by atoms with Crippen molar-refractivity contribution in [3.05, 3.63) is 124 Å². The lowest BCUT2D eigenvalue weighted by Crippen LogP contribution is -1.95. The summed E-state index contributed by atoms with van der Waals surface area (Å²) < 4.78 is 34.8. The highest BCUT2D eigenvalue weighted by Gasteiger charge is 2.16. The molecule has 74 heavy (non-hydrogen) atoms. The van der Waals surface area contributed by atoms with E-state index < -0.39 is 0 Å². The van der Waals surface area contributed by atoms with Gasteiger partial charge in [0.05, 0.1) is 14.2 Å². The molecule has 0 aliphatic carbocycles. The molecule has 0 N–H and O–H groups in total. The topological polar surface area (TPSA) is 55.4 Å². The summed E-state index contributed by atoms with van der Waals surface area (Å²) in [6.07, 6.45) is 42.7. The molecule has 5 rings (SSSR count). The predicted molar refractivity (Wildman–Crippen MR) is 296 cm³/mol. The highest BCUT2D eigenvalue weighted by Crippen LogP contribution is 2.39. The van der Waals surface area contributed by atoms with Gasteiger partial charge in [-0.25, -0.2) is 0 Å². The average molecular weight is 949 g/mol. The van der Waals surface area contributed by atoms with E-state index in [1.165, 1.54) is 0 Å². The number of methoxy groups -OCH3 is 2. The Morgan fingerprint density at radius 3 is 1.39 bits per heavy atom. The van der Waals surface area contributed by atoms with E-state index in [-0.39, 0.29) is 11.5 Å². The lowest BCUT2D eigenvalue weighted by Gasteiger charge is -2.15. The van der Waals surface area contributed by atoms with Crippen LogP contribution in [-0.2, 0) is 0 Å². The fourth-order valence-electron chi connectivity index (χ4n) is 6.39. The van der Waals surface area contributed by atoms with Gasteiger partial charge in [0.2, 0.25) is 0 Å². The zero-order valence-electron chi connectivity index (χ0n) is 40.3. The Labute approximate surface area is 434 Å². The Kier molecular flexibility index (Phi) is 21.2. The summed E-state index contributed by atoms with van der Waals surface area (Å²) in [7, 11) is 3.20. The molecular weight excluding hydrogens is 913 g/mol. The largest absolute Gasteiger partial charge is 0.496 e. The van der Waals surface area contributed by atoms with Gasteiger partial charge in [0, 0.05) is 75.9 Å². The maximum absolute atomic E-state index is 6.05. The number of rotatable bonds is 13. The first-order valence-electron chi connectivity index (χ1n) is 21.6. The molecule has 0 aromatic heterocycles. The van der Waals surface area contributed by atoms with E-state index in [4.69, 9.17) is 54.1 Å². The van der Waals surface area contributed by atoms with Crippen molar-refractivity contribution in [1.29, 1.82) is 0 Å². The highest BCUT2D eigenvalue weighted by atomic mass is 16.5. The van der Waals surface area contributed by atoms with Gasteiger partial charge in [-0.15, -0.1) is 25.7 Å². The van der Waals surface area contributed by atoms with Crippen LogP contribution in [0.3, 0.4) is 0 Å². The van der Waals surface area contributed by atoms with Crippen LogP contribution in [0.4, 0.5) is 0 Å². The standard InChI is InChI=1S/C68H36O6/c1-9-14-18-20-22-24-26-28-45-71-61-40-37-55(38-41-61)62-47-53(6)31-32-54(62)33-35-59-48-63(57-39-42-64(72-43-16-11-3)68(50-57)74-44-17-12-4)56(49-65(59)69-7)34-36-60-52-67(58(30-13-5)51-66(60)70-8)73-46-29-27-25-23-21-19-15-10-2/h1-4,13,30-42,47-52H,5-8H3. The number of terminal acetylenes is 4. The molecule has 0 aliphatic rings. The zero-order chi connectivity index (χ0) is 52.6. The molecule has 0 bridgehead atoms. The summed E-state index contributed by atoms with van der Waals surface area (Å²) in [4.78, 5) is 0. The van der Waals surface area contributed by atoms with E-state index in [9.17, 15) is 0 Å². The summed E-state index contributed by atoms with van der Waals surface area (Å²) in [5, 5.41) is 0. The van der Waals surface area contributed by atoms with Crippen LogP contribution >= 0.6 is 0 Å². The fourth-order valence-corrected chi connectivity index (χ4v) is 6.39. The van der Waals surface area contributed by atoms with E-state index in [1.807, 2.05) is 105 Å². The zero-order valence-corrected chi connectivity index (χ0v) is 40.3. The molecule has 0 saturated carbocycles. The third-order valence-corrected chi connectivity index (χ3v) is 9.52. The van der Waals surface area contributed by atoms with Crippen LogP contribution in [0.2, 0.25) is 0 Å². The van der Waals surface area contributed by atoms with E-state index in [1.54, 1.807) is 26.4 Å². The van der Waals surface area contributed by atoms with Crippen LogP contribution in [0.15, 0.2) is 91.0 Å². The summed E-state index contributed by atoms with van der Waals surface area (Å²) in [6, 6.07) is 26.8. The maximum atomic E-state index is 6.05. The minimum atomic E-state index is 0.243. The van der Waals surface area contributed by atoms with Gasteiger partial charge in [0.15, 0.2) is 11.5 Å². The van der Waals surface area contributed by atoms with Gasteiger partial charge in [-0.1, -0.05) is 78.4 Å². The van der Waals surface area contributed by atoms with Crippen LogP contribution in [0.5, 0.6) is 34.5 Å². The van der Waals surface area contributed by atoms with Crippen LogP contribution in [0, 0.1) is 175 Å². The van der Waals surface area contributed by atoms with Crippen molar-refractivity contribution in [2.45, 2.75) is 13.8 Å². The van der Waals surface area contributed by atoms with E-state index in [0.29, 0.717) is 28.6 Å². The van der Waals surface area contributed by atoms with Crippen molar-refractivity contribution in [3.63, 3.8) is 0 Å². The summed E-state index contributed by atoms with van der Waals surface area (Å²) in [5.74, 6) is 51.9. The number of ether oxygens (including phenoxy) is 6. The third-order valence-electron chi connectivity index (χ3n) is 9.52. The summed E-state index contributed by atoms with van der Waals surface area (Å²) >= 11 is 0. The van der Waals surface area contributed by atoms with Crippen molar-refractivity contribution < 1.29 is 28.4 Å². The smallest absolute Gasteiger partial charge is 0.184 e. The predicted octanol–water partition coefficient (Wildman–Crippen LogP) is 10.6. The van der Waals surface area contributed by atoms with Gasteiger partial charge in [-0.05, 0) is 155 Å². The van der Waals surface area contributed by atoms with Crippen molar-refractivity contribution in [2.75, 3.05) is 14.2 Å². The molecule has 0 fully saturated rings. The molecule has 6 nitrogen and oxygen atoms in total. The number of allylic oxidation sites excluding steroid dienone is 1. The first-order chi connectivity index (χ1) is 36.3. The van der Waals surface area contributed by atoms with Gasteiger partial charge < -0.3 is 28.4 Å². The van der Waals surface area contributed by atoms with Crippen LogP contribution in [-0.4, -0.2) is 14.2 Å². The van der Waals surface area contributed by atoms with Crippen LogP contribution < -0.4 is 28.4 Å². The number of benzene rings is 5. The van der Waals surface area contributed by atoms with Crippen molar-refractivity contribution >= 4 is 30.4 Å². The minimum absolute atomic E-state index is 0.243. The van der Waals surface area contributed by atoms with Crippen LogP contribution in [0.1, 0.15) is 40.3 Å². The van der Waals surface area contributed by atoms with Gasteiger partial charge in [-0.2, -0.15) is 0 Å². The highest BCUT2D eigenvalue weighted by molar-refractivity contribution is 5.89. The normalized spacial score (nSPS) is 8.86. The number of hydrogen-bond donors (Lipinski definition) is 0. The Morgan fingerprint density at radius 1 is 0.351 bits per heavy atom. The molecule has 344 valence electrons. The third kappa shape index (κ3) is 16.3. The maximum Gasteiger partial charge on any atom is 0.184 e. The summed E-state index contributed by atoms with van der Waals surface area (Å²) in [5.41, 5.74) is 8.37. The van der Waals surface area contributed by atoms with E-state index in [2.05, 4.69) is 161 Å². The molecule has 6 heteroatoms. The molecule has 0 atom stereocenters. The Bertz CT molecular complexity index is 3930.